The van der Waals surface area contributed by atoms with Gasteiger partial charge in [-0.1, -0.05) is 18.7 Å². The SMILES string of the molecule is C=C(CCC(=C)NC(=O)CN1CC(O)C1)Cn1nc(C)c2c1CCN(c1cc(C)nc3c1cnn3C)C2. The minimum absolute atomic E-state index is 0.0863. The van der Waals surface area contributed by atoms with Crippen LogP contribution in [0.5, 0.6) is 0 Å². The van der Waals surface area contributed by atoms with E-state index in [9.17, 15) is 9.90 Å². The van der Waals surface area contributed by atoms with Crippen LogP contribution in [0.1, 0.15) is 35.5 Å². The first-order chi connectivity index (χ1) is 17.7. The molecule has 0 saturated carbocycles. The molecule has 3 aromatic heterocycles. The van der Waals surface area contributed by atoms with E-state index in [2.05, 4.69) is 51.1 Å². The first-order valence-electron chi connectivity index (χ1n) is 12.8. The van der Waals surface area contributed by atoms with Crippen molar-refractivity contribution in [2.75, 3.05) is 31.1 Å². The number of aromatic nitrogens is 5. The third kappa shape index (κ3) is 5.30. The highest BCUT2D eigenvalue weighted by atomic mass is 16.3. The number of rotatable bonds is 9. The maximum absolute atomic E-state index is 12.1. The zero-order valence-corrected chi connectivity index (χ0v) is 22.0. The van der Waals surface area contributed by atoms with Gasteiger partial charge in [-0.3, -0.25) is 19.1 Å². The first-order valence-corrected chi connectivity index (χ1v) is 12.8. The van der Waals surface area contributed by atoms with Crippen LogP contribution in [0.2, 0.25) is 0 Å². The summed E-state index contributed by atoms with van der Waals surface area (Å²) in [5, 5.41) is 22.6. The molecule has 5 rings (SSSR count). The predicted octanol–water partition coefficient (Wildman–Crippen LogP) is 1.99. The molecule has 0 bridgehead atoms. The first kappa shape index (κ1) is 25.2. The number of pyridine rings is 1. The fourth-order valence-corrected chi connectivity index (χ4v) is 5.27. The average Bonchev–Trinajstić information content (AvgIpc) is 3.35. The van der Waals surface area contributed by atoms with Crippen LogP contribution in [0.4, 0.5) is 5.69 Å². The van der Waals surface area contributed by atoms with E-state index in [0.29, 0.717) is 31.8 Å². The van der Waals surface area contributed by atoms with Gasteiger partial charge in [0.05, 0.1) is 42.2 Å². The number of anilines is 1. The fraction of sp³-hybridized carbons (Fsp3) is 0.481. The molecule has 0 aliphatic carbocycles. The van der Waals surface area contributed by atoms with E-state index in [4.69, 9.17) is 5.10 Å². The van der Waals surface area contributed by atoms with Gasteiger partial charge in [-0.2, -0.15) is 10.2 Å². The van der Waals surface area contributed by atoms with E-state index in [1.165, 1.54) is 16.9 Å². The van der Waals surface area contributed by atoms with Gasteiger partial charge >= 0.3 is 0 Å². The Morgan fingerprint density at radius 1 is 1.22 bits per heavy atom. The number of carbonyl (C=O) groups is 1. The summed E-state index contributed by atoms with van der Waals surface area (Å²) in [4.78, 5) is 21.1. The molecule has 2 aliphatic rings. The minimum atomic E-state index is -0.309. The molecule has 5 heterocycles. The number of aliphatic hydroxyl groups is 1. The average molecular weight is 505 g/mol. The molecule has 10 heteroatoms. The van der Waals surface area contributed by atoms with Crippen molar-refractivity contribution < 1.29 is 9.90 Å². The number of nitrogens with one attached hydrogen (secondary N) is 1. The third-order valence-electron chi connectivity index (χ3n) is 7.26. The number of likely N-dealkylation sites (tertiary alicyclic amines) is 1. The second kappa shape index (κ2) is 10.1. The summed E-state index contributed by atoms with van der Waals surface area (Å²) in [6.07, 6.45) is 3.87. The van der Waals surface area contributed by atoms with Crippen molar-refractivity contribution in [3.05, 3.63) is 59.3 Å². The molecular formula is C27H36N8O2. The lowest BCUT2D eigenvalue weighted by molar-refractivity contribution is -0.124. The van der Waals surface area contributed by atoms with Gasteiger partial charge in [-0.15, -0.1) is 0 Å². The molecule has 196 valence electrons. The molecule has 37 heavy (non-hydrogen) atoms. The van der Waals surface area contributed by atoms with Crippen molar-refractivity contribution in [2.45, 2.75) is 52.3 Å². The molecule has 1 amide bonds. The molecule has 2 N–H and O–H groups in total. The Morgan fingerprint density at radius 2 is 2.00 bits per heavy atom. The number of hydrogen-bond donors (Lipinski definition) is 2. The van der Waals surface area contributed by atoms with Crippen molar-refractivity contribution in [3.63, 3.8) is 0 Å². The summed E-state index contributed by atoms with van der Waals surface area (Å²) in [5.74, 6) is -0.0863. The van der Waals surface area contributed by atoms with Crippen molar-refractivity contribution in [2.24, 2.45) is 7.05 Å². The molecule has 1 fully saturated rings. The van der Waals surface area contributed by atoms with Crippen LogP contribution in [0.25, 0.3) is 11.0 Å². The number of nitrogens with zero attached hydrogens (tertiary/aromatic N) is 7. The maximum Gasteiger partial charge on any atom is 0.238 e. The van der Waals surface area contributed by atoms with E-state index in [0.717, 1.165) is 53.9 Å². The zero-order chi connectivity index (χ0) is 26.3. The van der Waals surface area contributed by atoms with E-state index in [1.807, 2.05) is 29.7 Å². The molecule has 0 aromatic carbocycles. The van der Waals surface area contributed by atoms with Crippen molar-refractivity contribution in [1.29, 1.82) is 0 Å². The number of fused-ring (bicyclic) bond motifs is 2. The lowest BCUT2D eigenvalue weighted by atomic mass is 10.0. The van der Waals surface area contributed by atoms with Crippen LogP contribution in [0, 0.1) is 13.8 Å². The van der Waals surface area contributed by atoms with Crippen LogP contribution in [-0.4, -0.2) is 72.7 Å². The number of carbonyl (C=O) groups excluding carboxylic acids is 1. The number of aliphatic hydroxyl groups excluding tert-OH is 1. The molecular weight excluding hydrogens is 468 g/mol. The van der Waals surface area contributed by atoms with Crippen molar-refractivity contribution >= 4 is 22.6 Å². The summed E-state index contributed by atoms with van der Waals surface area (Å²) in [7, 11) is 1.93. The van der Waals surface area contributed by atoms with E-state index in [-0.39, 0.29) is 18.6 Å². The molecule has 3 aromatic rings. The van der Waals surface area contributed by atoms with E-state index >= 15 is 0 Å². The van der Waals surface area contributed by atoms with Crippen molar-refractivity contribution in [1.82, 2.24) is 34.8 Å². The summed E-state index contributed by atoms with van der Waals surface area (Å²) in [5.41, 5.74) is 8.40. The minimum Gasteiger partial charge on any atom is -0.390 e. The van der Waals surface area contributed by atoms with Gasteiger partial charge in [0.15, 0.2) is 5.65 Å². The zero-order valence-electron chi connectivity index (χ0n) is 22.0. The Balaban J connectivity index is 1.18. The summed E-state index contributed by atoms with van der Waals surface area (Å²) >= 11 is 0. The number of aryl methyl sites for hydroxylation is 3. The number of hydrogen-bond acceptors (Lipinski definition) is 7. The van der Waals surface area contributed by atoms with E-state index < -0.39 is 0 Å². The number of allylic oxidation sites excluding steroid dienone is 2. The molecule has 0 spiro atoms. The Hall–Kier alpha value is -3.50. The standard InChI is InChI=1S/C27H36N8O2/c1-17(6-7-18(2)29-26(37)16-33-13-21(36)14-33)12-35-24-8-9-34(15-23(24)20(4)31-35)25-10-19(3)30-27-22(25)11-28-32(27)5/h10-11,21,36H,1-2,6-9,12-16H2,3-5H3,(H,29,37). The van der Waals surface area contributed by atoms with Crippen LogP contribution in [0.3, 0.4) is 0 Å². The number of β-amino-alcohol motifs (C(OH)–C–C–N with tert-alkyl or cyclic N) is 1. The third-order valence-corrected chi connectivity index (χ3v) is 7.26. The molecule has 0 radical (unpaired) electrons. The van der Waals surface area contributed by atoms with Gasteiger partial charge in [0.25, 0.3) is 0 Å². The highest BCUT2D eigenvalue weighted by Crippen LogP contribution is 2.32. The van der Waals surface area contributed by atoms with Gasteiger partial charge in [0.2, 0.25) is 5.91 Å². The number of amides is 1. The lowest BCUT2D eigenvalue weighted by Crippen LogP contribution is -2.53. The van der Waals surface area contributed by atoms with Gasteiger partial charge in [0.1, 0.15) is 0 Å². The summed E-state index contributed by atoms with van der Waals surface area (Å²) < 4.78 is 3.92. The second-order valence-corrected chi connectivity index (χ2v) is 10.4. The molecule has 0 unspecified atom stereocenters. The van der Waals surface area contributed by atoms with E-state index in [1.54, 1.807) is 0 Å². The smallest absolute Gasteiger partial charge is 0.238 e. The van der Waals surface area contributed by atoms with Crippen LogP contribution in [-0.2, 0) is 31.4 Å². The maximum atomic E-state index is 12.1. The van der Waals surface area contributed by atoms with Gasteiger partial charge in [-0.25, -0.2) is 4.98 Å². The molecule has 0 atom stereocenters. The highest BCUT2D eigenvalue weighted by molar-refractivity contribution is 5.89. The van der Waals surface area contributed by atoms with Crippen LogP contribution >= 0.6 is 0 Å². The normalized spacial score (nSPS) is 16.1. The fourth-order valence-electron chi connectivity index (χ4n) is 5.27. The second-order valence-electron chi connectivity index (χ2n) is 10.4. The summed E-state index contributed by atoms with van der Waals surface area (Å²) in [6, 6.07) is 2.15. The van der Waals surface area contributed by atoms with Gasteiger partial charge in [-0.05, 0) is 32.8 Å². The molecule has 1 saturated heterocycles. The van der Waals surface area contributed by atoms with Gasteiger partial charge in [0, 0.05) is 62.3 Å². The Labute approximate surface area is 217 Å². The van der Waals surface area contributed by atoms with Crippen LogP contribution in [0.15, 0.2) is 36.7 Å². The monoisotopic (exact) mass is 504 g/mol. The lowest BCUT2D eigenvalue weighted by Gasteiger charge is -2.35. The molecule has 2 aliphatic heterocycles. The molecule has 10 nitrogen and oxygen atoms in total. The topological polar surface area (TPSA) is 104 Å². The van der Waals surface area contributed by atoms with Gasteiger partial charge < -0.3 is 15.3 Å². The Morgan fingerprint density at radius 3 is 2.76 bits per heavy atom. The van der Waals surface area contributed by atoms with Crippen LogP contribution < -0.4 is 10.2 Å². The predicted molar refractivity (Wildman–Crippen MR) is 143 cm³/mol. The van der Waals surface area contributed by atoms with Crippen molar-refractivity contribution in [3.8, 4) is 0 Å². The highest BCUT2D eigenvalue weighted by Gasteiger charge is 2.27. The Kier molecular flexibility index (Phi) is 6.87. The summed E-state index contributed by atoms with van der Waals surface area (Å²) in [6.45, 7) is 16.1. The Bertz CT molecular complexity index is 1360. The quantitative estimate of drug-likeness (QED) is 0.430. The largest absolute Gasteiger partial charge is 0.390 e.